The highest BCUT2D eigenvalue weighted by molar-refractivity contribution is 5.45. The molecule has 2 aliphatic heterocycles. The van der Waals surface area contributed by atoms with Crippen LogP contribution in [0, 0.1) is 11.8 Å². The Hall–Kier alpha value is -2.44. The van der Waals surface area contributed by atoms with Gasteiger partial charge in [0.1, 0.15) is 23.0 Å². The number of hydrogen-bond acceptors (Lipinski definition) is 6. The Balaban J connectivity index is 1.19. The molecule has 35 heavy (non-hydrogen) atoms. The van der Waals surface area contributed by atoms with Gasteiger partial charge in [0.15, 0.2) is 0 Å². The van der Waals surface area contributed by atoms with Crippen molar-refractivity contribution in [1.29, 1.82) is 0 Å². The number of hydrogen-bond donors (Lipinski definition) is 2. The van der Waals surface area contributed by atoms with E-state index >= 15 is 0 Å². The molecule has 2 heterocycles. The van der Waals surface area contributed by atoms with E-state index in [4.69, 9.17) is 18.9 Å². The first-order valence-corrected chi connectivity index (χ1v) is 13.4. The molecule has 2 aromatic carbocycles. The summed E-state index contributed by atoms with van der Waals surface area (Å²) >= 11 is 0. The van der Waals surface area contributed by atoms with Gasteiger partial charge in [0.25, 0.3) is 0 Å². The number of rotatable bonds is 5. The van der Waals surface area contributed by atoms with Crippen molar-refractivity contribution < 1.29 is 29.2 Å². The Kier molecular flexibility index (Phi) is 6.50. The molecule has 6 rings (SSSR count). The minimum atomic E-state index is -0.767. The van der Waals surface area contributed by atoms with E-state index < -0.39 is 12.2 Å². The van der Waals surface area contributed by atoms with Gasteiger partial charge in [-0.1, -0.05) is 6.42 Å². The molecule has 2 aromatic rings. The van der Waals surface area contributed by atoms with Gasteiger partial charge in [-0.3, -0.25) is 0 Å². The van der Waals surface area contributed by atoms with Crippen LogP contribution in [-0.2, 0) is 0 Å². The van der Waals surface area contributed by atoms with Gasteiger partial charge < -0.3 is 29.2 Å². The normalized spacial score (nSPS) is 29.0. The van der Waals surface area contributed by atoms with Crippen molar-refractivity contribution in [1.82, 2.24) is 0 Å². The molecule has 2 aliphatic carbocycles. The van der Waals surface area contributed by atoms with E-state index in [0.29, 0.717) is 24.7 Å². The fourth-order valence-electron chi connectivity index (χ4n) is 6.23. The van der Waals surface area contributed by atoms with Gasteiger partial charge in [-0.15, -0.1) is 0 Å². The quantitative estimate of drug-likeness (QED) is 0.588. The molecule has 0 aromatic heterocycles. The van der Waals surface area contributed by atoms with Crippen LogP contribution in [0.4, 0.5) is 0 Å². The van der Waals surface area contributed by atoms with Gasteiger partial charge in [0, 0.05) is 23.0 Å². The molecule has 0 radical (unpaired) electrons. The highest BCUT2D eigenvalue weighted by Crippen LogP contribution is 2.47. The topological polar surface area (TPSA) is 77.4 Å². The summed E-state index contributed by atoms with van der Waals surface area (Å²) in [7, 11) is 0. The van der Waals surface area contributed by atoms with Crippen molar-refractivity contribution in [3.8, 4) is 23.0 Å². The number of ether oxygens (including phenoxy) is 4. The van der Waals surface area contributed by atoms with E-state index in [1.165, 1.54) is 32.1 Å². The molecule has 6 nitrogen and oxygen atoms in total. The smallest absolute Gasteiger partial charge is 0.125 e. The Bertz CT molecular complexity index is 1030. The van der Waals surface area contributed by atoms with Crippen LogP contribution in [0.2, 0.25) is 0 Å². The lowest BCUT2D eigenvalue weighted by molar-refractivity contribution is -0.0553. The van der Waals surface area contributed by atoms with Gasteiger partial charge in [0.05, 0.1) is 37.6 Å². The lowest BCUT2D eigenvalue weighted by Crippen LogP contribution is -2.40. The molecular formula is C29H36O6. The predicted molar refractivity (Wildman–Crippen MR) is 131 cm³/mol. The molecule has 4 aliphatic rings. The van der Waals surface area contributed by atoms with E-state index in [2.05, 4.69) is 0 Å². The zero-order valence-corrected chi connectivity index (χ0v) is 20.2. The summed E-state index contributed by atoms with van der Waals surface area (Å²) in [5.74, 6) is 2.32. The van der Waals surface area contributed by atoms with Crippen LogP contribution in [0.15, 0.2) is 36.4 Å². The molecule has 188 valence electrons. The van der Waals surface area contributed by atoms with Crippen molar-refractivity contribution in [2.24, 2.45) is 11.8 Å². The Morgan fingerprint density at radius 3 is 1.49 bits per heavy atom. The van der Waals surface area contributed by atoms with E-state index in [1.807, 2.05) is 36.4 Å². The van der Waals surface area contributed by atoms with Crippen molar-refractivity contribution in [3.63, 3.8) is 0 Å². The molecule has 0 saturated heterocycles. The van der Waals surface area contributed by atoms with Crippen molar-refractivity contribution in [2.45, 2.75) is 82.2 Å². The maximum absolute atomic E-state index is 11.4. The first kappa shape index (κ1) is 23.0. The average molecular weight is 481 g/mol. The van der Waals surface area contributed by atoms with Crippen molar-refractivity contribution in [3.05, 3.63) is 47.5 Å². The zero-order chi connectivity index (χ0) is 23.8. The first-order valence-electron chi connectivity index (χ1n) is 13.4. The van der Waals surface area contributed by atoms with E-state index in [1.54, 1.807) is 0 Å². The summed E-state index contributed by atoms with van der Waals surface area (Å²) in [5.41, 5.74) is 1.45. The minimum Gasteiger partial charge on any atom is -0.493 e. The van der Waals surface area contributed by atoms with E-state index in [0.717, 1.165) is 48.3 Å². The maximum atomic E-state index is 11.4. The Morgan fingerprint density at radius 2 is 1.03 bits per heavy atom. The van der Waals surface area contributed by atoms with Crippen LogP contribution in [-0.4, -0.2) is 35.6 Å². The fourth-order valence-corrected chi connectivity index (χ4v) is 6.23. The Morgan fingerprint density at radius 1 is 0.600 bits per heavy atom. The number of benzene rings is 2. The van der Waals surface area contributed by atoms with E-state index in [-0.39, 0.29) is 24.0 Å². The lowest BCUT2D eigenvalue weighted by Gasteiger charge is -2.40. The molecule has 2 N–H and O–H groups in total. The molecule has 0 spiro atoms. The predicted octanol–water partition coefficient (Wildman–Crippen LogP) is 5.50. The van der Waals surface area contributed by atoms with E-state index in [9.17, 15) is 10.2 Å². The summed E-state index contributed by atoms with van der Waals surface area (Å²) in [4.78, 5) is 0. The standard InChI is InChI=1S/C29H36O6/c30-28-22-14-20(34-18-6-2-1-3-7-18)10-12-26(22)32-16-24(28)25-17-33-27-13-11-21(15-23(27)29(25)31)35-19-8-4-5-9-19/h10-15,18-19,24-25,28-31H,1-9,16-17H2/t24-,25-,28-,29+/m0/s1. The summed E-state index contributed by atoms with van der Waals surface area (Å²) in [6.45, 7) is 0.658. The van der Waals surface area contributed by atoms with Gasteiger partial charge >= 0.3 is 0 Å². The molecule has 2 saturated carbocycles. The molecular weight excluding hydrogens is 444 g/mol. The van der Waals surface area contributed by atoms with Gasteiger partial charge in [-0.05, 0) is 87.8 Å². The van der Waals surface area contributed by atoms with Crippen LogP contribution < -0.4 is 18.9 Å². The molecule has 0 unspecified atom stereocenters. The van der Waals surface area contributed by atoms with Crippen LogP contribution >= 0.6 is 0 Å². The first-order chi connectivity index (χ1) is 17.2. The summed E-state index contributed by atoms with van der Waals surface area (Å²) in [6.07, 6.45) is 9.38. The van der Waals surface area contributed by atoms with Gasteiger partial charge in [-0.25, -0.2) is 0 Å². The monoisotopic (exact) mass is 480 g/mol. The largest absolute Gasteiger partial charge is 0.493 e. The van der Waals surface area contributed by atoms with Crippen molar-refractivity contribution >= 4 is 0 Å². The summed E-state index contributed by atoms with van der Waals surface area (Å²) in [5, 5.41) is 22.8. The highest BCUT2D eigenvalue weighted by Gasteiger charge is 2.42. The summed E-state index contributed by atoms with van der Waals surface area (Å²) in [6, 6.07) is 11.5. The highest BCUT2D eigenvalue weighted by atomic mass is 16.5. The second-order valence-corrected chi connectivity index (χ2v) is 10.6. The van der Waals surface area contributed by atoms with Crippen LogP contribution in [0.25, 0.3) is 0 Å². The third-order valence-corrected chi connectivity index (χ3v) is 8.28. The summed E-state index contributed by atoms with van der Waals surface area (Å²) < 4.78 is 24.5. The van der Waals surface area contributed by atoms with Crippen LogP contribution in [0.5, 0.6) is 23.0 Å². The molecule has 0 amide bonds. The molecule has 4 atom stereocenters. The van der Waals surface area contributed by atoms with Crippen LogP contribution in [0.1, 0.15) is 81.1 Å². The van der Waals surface area contributed by atoms with Crippen LogP contribution in [0.3, 0.4) is 0 Å². The third kappa shape index (κ3) is 4.70. The fraction of sp³-hybridized carbons (Fsp3) is 0.586. The number of aliphatic hydroxyl groups excluding tert-OH is 2. The second-order valence-electron chi connectivity index (χ2n) is 10.6. The maximum Gasteiger partial charge on any atom is 0.125 e. The average Bonchev–Trinajstić information content (AvgIpc) is 3.39. The minimum absolute atomic E-state index is 0.241. The SMILES string of the molecule is O[C@@H]1c2cc(OC3CCCC3)ccc2OC[C@H]1[C@@H]1COc2ccc(OC3CCCCC3)cc2[C@@H]1O. The molecule has 2 fully saturated rings. The molecule has 0 bridgehead atoms. The van der Waals surface area contributed by atoms with Crippen molar-refractivity contribution in [2.75, 3.05) is 13.2 Å². The van der Waals surface area contributed by atoms with Gasteiger partial charge in [-0.2, -0.15) is 0 Å². The third-order valence-electron chi connectivity index (χ3n) is 8.28. The Labute approximate surface area is 207 Å². The number of aliphatic hydroxyl groups is 2. The van der Waals surface area contributed by atoms with Gasteiger partial charge in [0.2, 0.25) is 0 Å². The zero-order valence-electron chi connectivity index (χ0n) is 20.2. The lowest BCUT2D eigenvalue weighted by atomic mass is 9.77. The number of fused-ring (bicyclic) bond motifs is 2. The molecule has 6 heteroatoms. The second kappa shape index (κ2) is 9.90.